The fraction of sp³-hybridized carbons (Fsp3) is 0.364. The molecular formula is C11H13ClN2S. The second-order valence-corrected chi connectivity index (χ2v) is 4.75. The highest BCUT2D eigenvalue weighted by atomic mass is 35.5. The molecule has 2 rings (SSSR count). The first-order valence-electron chi connectivity index (χ1n) is 4.95. The number of benzene rings is 1. The van der Waals surface area contributed by atoms with E-state index in [4.69, 9.17) is 11.6 Å². The molecule has 1 atom stereocenters. The number of anilines is 1. The van der Waals surface area contributed by atoms with Gasteiger partial charge in [-0.25, -0.2) is 0 Å². The maximum atomic E-state index is 5.76. The lowest BCUT2D eigenvalue weighted by Gasteiger charge is -2.08. The van der Waals surface area contributed by atoms with Crippen molar-refractivity contribution in [3.63, 3.8) is 0 Å². The number of nitrogens with zero attached hydrogens (tertiary/aromatic N) is 1. The van der Waals surface area contributed by atoms with Crippen molar-refractivity contribution in [1.82, 2.24) is 4.37 Å². The van der Waals surface area contributed by atoms with Crippen molar-refractivity contribution >= 4 is 39.0 Å². The highest BCUT2D eigenvalue weighted by Crippen LogP contribution is 2.27. The van der Waals surface area contributed by atoms with E-state index in [9.17, 15) is 0 Å². The predicted molar refractivity (Wildman–Crippen MR) is 68.0 cm³/mol. The summed E-state index contributed by atoms with van der Waals surface area (Å²) in [6.45, 7) is 3.03. The zero-order valence-electron chi connectivity index (χ0n) is 8.53. The maximum absolute atomic E-state index is 5.76. The number of aromatic nitrogens is 1. The van der Waals surface area contributed by atoms with Crippen LogP contribution in [0.3, 0.4) is 0 Å². The Morgan fingerprint density at radius 2 is 2.27 bits per heavy atom. The van der Waals surface area contributed by atoms with E-state index >= 15 is 0 Å². The zero-order valence-corrected chi connectivity index (χ0v) is 10.1. The van der Waals surface area contributed by atoms with Crippen molar-refractivity contribution < 1.29 is 0 Å². The Morgan fingerprint density at radius 1 is 1.47 bits per heavy atom. The Balaban J connectivity index is 2.14. The molecule has 0 saturated heterocycles. The lowest BCUT2D eigenvalue weighted by molar-refractivity contribution is 0.698. The van der Waals surface area contributed by atoms with Gasteiger partial charge in [0.1, 0.15) is 5.00 Å². The summed E-state index contributed by atoms with van der Waals surface area (Å²) in [5, 5.41) is 5.73. The van der Waals surface area contributed by atoms with Gasteiger partial charge in [-0.1, -0.05) is 19.1 Å². The molecule has 0 aliphatic carbocycles. The molecule has 80 valence electrons. The predicted octanol–water partition coefficient (Wildman–Crippen LogP) is 3.58. The summed E-state index contributed by atoms with van der Waals surface area (Å²) in [5.74, 6) is 1.16. The van der Waals surface area contributed by atoms with Gasteiger partial charge in [-0.3, -0.25) is 0 Å². The number of alkyl halides is 1. The Kier molecular flexibility index (Phi) is 3.44. The molecule has 0 bridgehead atoms. The average Bonchev–Trinajstić information content (AvgIpc) is 2.69. The van der Waals surface area contributed by atoms with Crippen LogP contribution in [0.5, 0.6) is 0 Å². The number of nitrogens with one attached hydrogen (secondary N) is 1. The van der Waals surface area contributed by atoms with Crippen molar-refractivity contribution in [3.8, 4) is 0 Å². The normalized spacial score (nSPS) is 12.9. The summed E-state index contributed by atoms with van der Waals surface area (Å²) < 4.78 is 4.37. The van der Waals surface area contributed by atoms with E-state index in [0.29, 0.717) is 11.8 Å². The van der Waals surface area contributed by atoms with Crippen LogP contribution in [0, 0.1) is 5.92 Å². The van der Waals surface area contributed by atoms with Gasteiger partial charge in [-0.05, 0) is 29.6 Å². The monoisotopic (exact) mass is 240 g/mol. The molecule has 0 aliphatic heterocycles. The molecule has 0 saturated carbocycles. The molecule has 0 spiro atoms. The average molecular weight is 241 g/mol. The number of rotatable bonds is 4. The number of hydrogen-bond donors (Lipinski definition) is 1. The van der Waals surface area contributed by atoms with Crippen molar-refractivity contribution in [1.29, 1.82) is 0 Å². The Labute approximate surface area is 98.4 Å². The number of halogens is 1. The molecule has 15 heavy (non-hydrogen) atoms. The van der Waals surface area contributed by atoms with E-state index in [0.717, 1.165) is 17.1 Å². The van der Waals surface area contributed by atoms with E-state index in [1.54, 1.807) is 0 Å². The van der Waals surface area contributed by atoms with Crippen LogP contribution in [0.1, 0.15) is 6.92 Å². The van der Waals surface area contributed by atoms with E-state index < -0.39 is 0 Å². The van der Waals surface area contributed by atoms with Crippen LogP contribution < -0.4 is 5.32 Å². The van der Waals surface area contributed by atoms with E-state index in [-0.39, 0.29) is 0 Å². The topological polar surface area (TPSA) is 24.9 Å². The van der Waals surface area contributed by atoms with Crippen molar-refractivity contribution in [2.24, 2.45) is 5.92 Å². The standard InChI is InChI=1S/C11H13ClN2S/c1-8(6-12)7-13-11-9-4-2-3-5-10(9)14-15-11/h2-5,8,13H,6-7H2,1H3. The van der Waals surface area contributed by atoms with Crippen LogP contribution in [-0.2, 0) is 0 Å². The van der Waals surface area contributed by atoms with E-state index in [1.807, 2.05) is 18.2 Å². The molecule has 1 N–H and O–H groups in total. The van der Waals surface area contributed by atoms with Crippen LogP contribution in [0.25, 0.3) is 10.9 Å². The third kappa shape index (κ3) is 2.41. The van der Waals surface area contributed by atoms with Crippen LogP contribution in [0.15, 0.2) is 24.3 Å². The third-order valence-corrected chi connectivity index (χ3v) is 3.62. The second-order valence-electron chi connectivity index (χ2n) is 3.67. The summed E-state index contributed by atoms with van der Waals surface area (Å²) in [6, 6.07) is 8.16. The van der Waals surface area contributed by atoms with Crippen LogP contribution >= 0.6 is 23.1 Å². The summed E-state index contributed by atoms with van der Waals surface area (Å²) in [5.41, 5.74) is 1.06. The molecular weight excluding hydrogens is 228 g/mol. The molecule has 2 nitrogen and oxygen atoms in total. The van der Waals surface area contributed by atoms with Gasteiger partial charge in [0.25, 0.3) is 0 Å². The fourth-order valence-electron chi connectivity index (χ4n) is 1.34. The van der Waals surface area contributed by atoms with Gasteiger partial charge in [-0.15, -0.1) is 11.6 Å². The van der Waals surface area contributed by atoms with Crippen molar-refractivity contribution in [3.05, 3.63) is 24.3 Å². The summed E-state index contributed by atoms with van der Waals surface area (Å²) in [7, 11) is 0. The quantitative estimate of drug-likeness (QED) is 0.827. The molecule has 2 aromatic rings. The molecule has 4 heteroatoms. The summed E-state index contributed by atoms with van der Waals surface area (Å²) in [4.78, 5) is 0. The summed E-state index contributed by atoms with van der Waals surface area (Å²) >= 11 is 7.27. The first kappa shape index (κ1) is 10.7. The van der Waals surface area contributed by atoms with Crippen LogP contribution in [0.4, 0.5) is 5.00 Å². The smallest absolute Gasteiger partial charge is 0.117 e. The van der Waals surface area contributed by atoms with Crippen LogP contribution in [0.2, 0.25) is 0 Å². The Hall–Kier alpha value is -0.800. The Bertz CT molecular complexity index is 441. The van der Waals surface area contributed by atoms with Gasteiger partial charge in [0, 0.05) is 17.8 Å². The molecule has 0 aliphatic rings. The minimum atomic E-state index is 0.479. The van der Waals surface area contributed by atoms with Gasteiger partial charge in [0.15, 0.2) is 0 Å². The molecule has 0 radical (unpaired) electrons. The van der Waals surface area contributed by atoms with Gasteiger partial charge >= 0.3 is 0 Å². The maximum Gasteiger partial charge on any atom is 0.117 e. The highest BCUT2D eigenvalue weighted by Gasteiger charge is 2.05. The first-order chi connectivity index (χ1) is 7.31. The zero-order chi connectivity index (χ0) is 10.7. The molecule has 0 fully saturated rings. The Morgan fingerprint density at radius 3 is 3.07 bits per heavy atom. The van der Waals surface area contributed by atoms with Gasteiger partial charge in [0.05, 0.1) is 5.52 Å². The van der Waals surface area contributed by atoms with E-state index in [2.05, 4.69) is 22.7 Å². The van der Waals surface area contributed by atoms with Crippen molar-refractivity contribution in [2.75, 3.05) is 17.7 Å². The minimum Gasteiger partial charge on any atom is -0.375 e. The largest absolute Gasteiger partial charge is 0.375 e. The van der Waals surface area contributed by atoms with Crippen molar-refractivity contribution in [2.45, 2.75) is 6.92 Å². The van der Waals surface area contributed by atoms with Gasteiger partial charge in [0.2, 0.25) is 0 Å². The summed E-state index contributed by atoms with van der Waals surface area (Å²) in [6.07, 6.45) is 0. The van der Waals surface area contributed by atoms with E-state index in [1.165, 1.54) is 16.9 Å². The third-order valence-electron chi connectivity index (χ3n) is 2.26. The SMILES string of the molecule is CC(CCl)CNc1snc2ccccc12. The van der Waals surface area contributed by atoms with Gasteiger partial charge in [-0.2, -0.15) is 4.37 Å². The lowest BCUT2D eigenvalue weighted by atomic mass is 10.2. The lowest BCUT2D eigenvalue weighted by Crippen LogP contribution is -2.11. The fourth-order valence-corrected chi connectivity index (χ4v) is 2.22. The van der Waals surface area contributed by atoms with Crippen LogP contribution in [-0.4, -0.2) is 16.8 Å². The number of hydrogen-bond acceptors (Lipinski definition) is 3. The molecule has 1 aromatic heterocycles. The molecule has 0 amide bonds. The highest BCUT2D eigenvalue weighted by molar-refractivity contribution is 7.11. The number of fused-ring (bicyclic) bond motifs is 1. The second kappa shape index (κ2) is 4.81. The molecule has 1 aromatic carbocycles. The first-order valence-corrected chi connectivity index (χ1v) is 6.26. The molecule has 1 unspecified atom stereocenters. The van der Waals surface area contributed by atoms with Gasteiger partial charge < -0.3 is 5.32 Å². The molecule has 1 heterocycles. The minimum absolute atomic E-state index is 0.479.